The summed E-state index contributed by atoms with van der Waals surface area (Å²) in [6.07, 6.45) is 1.13. The van der Waals surface area contributed by atoms with Gasteiger partial charge in [0.25, 0.3) is 5.56 Å². The first kappa shape index (κ1) is 13.7. The molecule has 1 saturated heterocycles. The van der Waals surface area contributed by atoms with Crippen molar-refractivity contribution in [1.82, 2.24) is 9.55 Å². The molecule has 0 amide bonds. The molecule has 0 unspecified atom stereocenters. The molecule has 0 aromatic carbocycles. The number of hydrogen-bond donors (Lipinski definition) is 3. The van der Waals surface area contributed by atoms with E-state index < -0.39 is 16.9 Å². The Morgan fingerprint density at radius 2 is 1.95 bits per heavy atom. The largest absolute Gasteiger partial charge is 0.390 e. The van der Waals surface area contributed by atoms with Crippen molar-refractivity contribution in [3.05, 3.63) is 20.8 Å². The van der Waals surface area contributed by atoms with E-state index in [4.69, 9.17) is 5.73 Å². The summed E-state index contributed by atoms with van der Waals surface area (Å²) in [4.78, 5) is 27.7. The van der Waals surface area contributed by atoms with Crippen molar-refractivity contribution in [2.45, 2.75) is 38.8 Å². The van der Waals surface area contributed by atoms with Gasteiger partial charge < -0.3 is 15.7 Å². The molecule has 1 fully saturated rings. The van der Waals surface area contributed by atoms with Crippen LogP contribution in [0.3, 0.4) is 0 Å². The van der Waals surface area contributed by atoms with Gasteiger partial charge in [-0.05, 0) is 26.7 Å². The summed E-state index contributed by atoms with van der Waals surface area (Å²) in [6.45, 7) is 5.07. The van der Waals surface area contributed by atoms with Gasteiger partial charge >= 0.3 is 5.69 Å². The van der Waals surface area contributed by atoms with Crippen molar-refractivity contribution in [2.24, 2.45) is 0 Å². The summed E-state index contributed by atoms with van der Waals surface area (Å²) in [5.74, 6) is 0.192. The lowest BCUT2D eigenvalue weighted by molar-refractivity contribution is 0.0351. The van der Waals surface area contributed by atoms with Gasteiger partial charge in [-0.15, -0.1) is 0 Å². The average molecular weight is 268 g/mol. The lowest BCUT2D eigenvalue weighted by atomic mass is 9.93. The van der Waals surface area contributed by atoms with Gasteiger partial charge in [-0.2, -0.15) is 0 Å². The Balaban J connectivity index is 2.41. The van der Waals surface area contributed by atoms with E-state index in [0.29, 0.717) is 38.2 Å². The van der Waals surface area contributed by atoms with Crippen molar-refractivity contribution < 1.29 is 5.11 Å². The Bertz CT molecular complexity index is 578. The predicted octanol–water partition coefficient (Wildman–Crippen LogP) is -0.510. The molecule has 1 aliphatic heterocycles. The van der Waals surface area contributed by atoms with Crippen LogP contribution >= 0.6 is 0 Å². The molecule has 1 aromatic rings. The number of nitrogens with zero attached hydrogens (tertiary/aromatic N) is 2. The molecular weight excluding hydrogens is 248 g/mol. The highest BCUT2D eigenvalue weighted by Crippen LogP contribution is 2.26. The number of nitrogens with one attached hydrogen (secondary N) is 1. The maximum Gasteiger partial charge on any atom is 0.330 e. The number of H-pyrrole nitrogens is 1. The van der Waals surface area contributed by atoms with E-state index in [1.165, 1.54) is 4.57 Å². The van der Waals surface area contributed by atoms with E-state index in [9.17, 15) is 14.7 Å². The number of nitrogen functional groups attached to an aromatic ring is 1. The molecule has 0 bridgehead atoms. The highest BCUT2D eigenvalue weighted by molar-refractivity contribution is 5.62. The van der Waals surface area contributed by atoms with Gasteiger partial charge in [0, 0.05) is 19.6 Å². The monoisotopic (exact) mass is 268 g/mol. The third kappa shape index (κ3) is 2.51. The van der Waals surface area contributed by atoms with Crippen molar-refractivity contribution in [3.8, 4) is 0 Å². The normalized spacial score (nSPS) is 18.6. The molecule has 1 aromatic heterocycles. The first-order valence-corrected chi connectivity index (χ1v) is 6.45. The summed E-state index contributed by atoms with van der Waals surface area (Å²) in [5, 5.41) is 9.92. The number of aromatic amines is 1. The van der Waals surface area contributed by atoms with E-state index in [2.05, 4.69) is 4.98 Å². The topological polar surface area (TPSA) is 104 Å². The van der Waals surface area contributed by atoms with Crippen molar-refractivity contribution in [1.29, 1.82) is 0 Å². The zero-order valence-corrected chi connectivity index (χ0v) is 11.3. The molecule has 0 saturated carbocycles. The molecule has 106 valence electrons. The number of rotatable bonds is 2. The molecule has 7 heteroatoms. The summed E-state index contributed by atoms with van der Waals surface area (Å²) >= 11 is 0. The smallest absolute Gasteiger partial charge is 0.330 e. The van der Waals surface area contributed by atoms with Gasteiger partial charge in [-0.1, -0.05) is 0 Å². The minimum absolute atomic E-state index is 0.192. The number of aromatic nitrogens is 2. The van der Waals surface area contributed by atoms with Crippen LogP contribution in [0.15, 0.2) is 9.59 Å². The van der Waals surface area contributed by atoms with E-state index in [-0.39, 0.29) is 5.82 Å². The standard InChI is InChI=1S/C12H20N4O3/c1-3-16-9(13)8(10(17)14-11(16)18)15-6-4-12(2,19)5-7-15/h19H,3-7,13H2,1-2H3,(H,14,17,18). The number of aliphatic hydroxyl groups is 1. The van der Waals surface area contributed by atoms with E-state index in [0.717, 1.165) is 0 Å². The maximum atomic E-state index is 11.9. The van der Waals surface area contributed by atoms with Crippen molar-refractivity contribution >= 4 is 11.5 Å². The van der Waals surface area contributed by atoms with Gasteiger partial charge in [0.05, 0.1) is 5.60 Å². The fourth-order valence-electron chi connectivity index (χ4n) is 2.41. The molecule has 2 heterocycles. The quantitative estimate of drug-likeness (QED) is 0.670. The van der Waals surface area contributed by atoms with Crippen LogP contribution in [-0.4, -0.2) is 33.3 Å². The fraction of sp³-hybridized carbons (Fsp3) is 0.667. The molecule has 1 aliphatic rings. The molecule has 4 N–H and O–H groups in total. The summed E-state index contributed by atoms with van der Waals surface area (Å²) in [6, 6.07) is 0. The Morgan fingerprint density at radius 1 is 1.37 bits per heavy atom. The van der Waals surface area contributed by atoms with E-state index in [1.54, 1.807) is 13.8 Å². The van der Waals surface area contributed by atoms with E-state index >= 15 is 0 Å². The summed E-state index contributed by atoms with van der Waals surface area (Å²) in [7, 11) is 0. The Labute approximate surface area is 110 Å². The van der Waals surface area contributed by atoms with Crippen LogP contribution in [-0.2, 0) is 6.54 Å². The number of piperidine rings is 1. The number of anilines is 2. The summed E-state index contributed by atoms with van der Waals surface area (Å²) < 4.78 is 1.34. The van der Waals surface area contributed by atoms with Crippen LogP contribution in [0.1, 0.15) is 26.7 Å². The third-order valence-corrected chi connectivity index (χ3v) is 3.69. The second-order valence-electron chi connectivity index (χ2n) is 5.22. The Hall–Kier alpha value is -1.76. The first-order chi connectivity index (χ1) is 8.85. The predicted molar refractivity (Wildman–Crippen MR) is 73.5 cm³/mol. The maximum absolute atomic E-state index is 11.9. The second kappa shape index (κ2) is 4.73. The van der Waals surface area contributed by atoms with Gasteiger partial charge in [0.1, 0.15) is 11.5 Å². The number of nitrogens with two attached hydrogens (primary N) is 1. The molecular formula is C12H20N4O3. The zero-order chi connectivity index (χ0) is 14.2. The average Bonchev–Trinajstić information content (AvgIpc) is 2.31. The van der Waals surface area contributed by atoms with Crippen LogP contribution in [0, 0.1) is 0 Å². The highest BCUT2D eigenvalue weighted by Gasteiger charge is 2.29. The molecule has 19 heavy (non-hydrogen) atoms. The summed E-state index contributed by atoms with van der Waals surface area (Å²) in [5.41, 5.74) is 4.61. The fourth-order valence-corrected chi connectivity index (χ4v) is 2.41. The first-order valence-electron chi connectivity index (χ1n) is 6.45. The molecule has 0 atom stereocenters. The van der Waals surface area contributed by atoms with Gasteiger partial charge in [-0.3, -0.25) is 14.3 Å². The lowest BCUT2D eigenvalue weighted by Gasteiger charge is -2.37. The highest BCUT2D eigenvalue weighted by atomic mass is 16.3. The second-order valence-corrected chi connectivity index (χ2v) is 5.22. The van der Waals surface area contributed by atoms with Crippen LogP contribution < -0.4 is 21.9 Å². The lowest BCUT2D eigenvalue weighted by Crippen LogP contribution is -2.46. The van der Waals surface area contributed by atoms with Crippen LogP contribution in [0.2, 0.25) is 0 Å². The molecule has 0 radical (unpaired) electrons. The Kier molecular flexibility index (Phi) is 3.40. The van der Waals surface area contributed by atoms with Crippen molar-refractivity contribution in [2.75, 3.05) is 23.7 Å². The van der Waals surface area contributed by atoms with Crippen LogP contribution in [0.4, 0.5) is 11.5 Å². The molecule has 0 spiro atoms. The van der Waals surface area contributed by atoms with Gasteiger partial charge in [0.15, 0.2) is 0 Å². The van der Waals surface area contributed by atoms with Crippen molar-refractivity contribution in [3.63, 3.8) is 0 Å². The SMILES string of the molecule is CCn1c(N)c(N2CCC(C)(O)CC2)c(=O)[nH]c1=O. The third-order valence-electron chi connectivity index (χ3n) is 3.69. The minimum atomic E-state index is -0.697. The minimum Gasteiger partial charge on any atom is -0.390 e. The Morgan fingerprint density at radius 3 is 2.47 bits per heavy atom. The van der Waals surface area contributed by atoms with Gasteiger partial charge in [-0.25, -0.2) is 4.79 Å². The number of hydrogen-bond acceptors (Lipinski definition) is 5. The molecule has 2 rings (SSSR count). The van der Waals surface area contributed by atoms with Gasteiger partial charge in [0.2, 0.25) is 0 Å². The molecule has 7 nitrogen and oxygen atoms in total. The van der Waals surface area contributed by atoms with E-state index in [1.807, 2.05) is 4.90 Å². The van der Waals surface area contributed by atoms with Crippen LogP contribution in [0.25, 0.3) is 0 Å². The molecule has 0 aliphatic carbocycles. The zero-order valence-electron chi connectivity index (χ0n) is 11.3. The van der Waals surface area contributed by atoms with Crippen LogP contribution in [0.5, 0.6) is 0 Å².